The van der Waals surface area contributed by atoms with Gasteiger partial charge in [0.2, 0.25) is 0 Å². The van der Waals surface area contributed by atoms with Gasteiger partial charge in [0.1, 0.15) is 0 Å². The third-order valence-corrected chi connectivity index (χ3v) is 5.24. The molecule has 0 fully saturated rings. The van der Waals surface area contributed by atoms with Crippen LogP contribution in [0.2, 0.25) is 0 Å². The number of rotatable bonds is 4. The molecule has 2 heterocycles. The fourth-order valence-electron chi connectivity index (χ4n) is 2.47. The number of fused-ring (bicyclic) bond motifs is 1. The van der Waals surface area contributed by atoms with Crippen molar-refractivity contribution in [3.8, 4) is 11.5 Å². The molecule has 1 unspecified atom stereocenters. The standard InChI is InChI=1S/C16H18INO2S/c1-2-18-16(12-9-15(17)21-10-12)11-4-5-13-14(8-11)20-7-3-6-19-13/h4-5,8-10,16,18H,2-3,6-7H2,1H3. The van der Waals surface area contributed by atoms with Crippen LogP contribution in [0, 0.1) is 2.88 Å². The van der Waals surface area contributed by atoms with Crippen molar-refractivity contribution in [1.29, 1.82) is 0 Å². The van der Waals surface area contributed by atoms with Crippen LogP contribution >= 0.6 is 33.9 Å². The first-order chi connectivity index (χ1) is 10.3. The van der Waals surface area contributed by atoms with E-state index in [4.69, 9.17) is 9.47 Å². The van der Waals surface area contributed by atoms with Crippen LogP contribution in [0.25, 0.3) is 0 Å². The Bertz CT molecular complexity index is 614. The van der Waals surface area contributed by atoms with Gasteiger partial charge in [0.25, 0.3) is 0 Å². The molecule has 1 aromatic heterocycles. The van der Waals surface area contributed by atoms with E-state index in [1.165, 1.54) is 14.0 Å². The summed E-state index contributed by atoms with van der Waals surface area (Å²) in [7, 11) is 0. The molecule has 3 nitrogen and oxygen atoms in total. The molecule has 0 radical (unpaired) electrons. The van der Waals surface area contributed by atoms with Gasteiger partial charge in [-0.25, -0.2) is 0 Å². The maximum absolute atomic E-state index is 5.81. The summed E-state index contributed by atoms with van der Waals surface area (Å²) < 4.78 is 12.8. The van der Waals surface area contributed by atoms with Gasteiger partial charge in [-0.05, 0) is 63.8 Å². The number of hydrogen-bond acceptors (Lipinski definition) is 4. The maximum atomic E-state index is 5.81. The second-order valence-electron chi connectivity index (χ2n) is 4.93. The lowest BCUT2D eigenvalue weighted by atomic mass is 10.0. The van der Waals surface area contributed by atoms with Gasteiger partial charge in [-0.1, -0.05) is 13.0 Å². The first kappa shape index (κ1) is 15.1. The SMILES string of the molecule is CCNC(c1csc(I)c1)c1ccc2c(c1)OCCCO2. The lowest BCUT2D eigenvalue weighted by molar-refractivity contribution is 0.297. The van der Waals surface area contributed by atoms with E-state index >= 15 is 0 Å². The van der Waals surface area contributed by atoms with Crippen molar-refractivity contribution in [2.45, 2.75) is 19.4 Å². The number of nitrogens with one attached hydrogen (secondary N) is 1. The van der Waals surface area contributed by atoms with Crippen molar-refractivity contribution in [1.82, 2.24) is 5.32 Å². The average molecular weight is 415 g/mol. The molecule has 1 aliphatic rings. The normalized spacial score (nSPS) is 15.5. The van der Waals surface area contributed by atoms with Gasteiger partial charge in [-0.3, -0.25) is 0 Å². The third kappa shape index (κ3) is 3.52. The minimum absolute atomic E-state index is 0.201. The number of thiophene rings is 1. The molecule has 21 heavy (non-hydrogen) atoms. The van der Waals surface area contributed by atoms with Crippen LogP contribution in [0.4, 0.5) is 0 Å². The van der Waals surface area contributed by atoms with Crippen LogP contribution in [-0.2, 0) is 0 Å². The highest BCUT2D eigenvalue weighted by molar-refractivity contribution is 14.1. The smallest absolute Gasteiger partial charge is 0.161 e. The predicted molar refractivity (Wildman–Crippen MR) is 94.6 cm³/mol. The second kappa shape index (κ2) is 6.98. The van der Waals surface area contributed by atoms with Crippen LogP contribution in [0.15, 0.2) is 29.6 Å². The van der Waals surface area contributed by atoms with Crippen molar-refractivity contribution in [3.05, 3.63) is 43.7 Å². The summed E-state index contributed by atoms with van der Waals surface area (Å²) in [5.74, 6) is 1.71. The molecular weight excluding hydrogens is 397 g/mol. The van der Waals surface area contributed by atoms with Gasteiger partial charge in [0, 0.05) is 6.42 Å². The first-order valence-electron chi connectivity index (χ1n) is 7.15. The minimum Gasteiger partial charge on any atom is -0.490 e. The molecule has 0 bridgehead atoms. The van der Waals surface area contributed by atoms with Crippen LogP contribution in [0.3, 0.4) is 0 Å². The predicted octanol–water partition coefficient (Wildman–Crippen LogP) is 4.21. The van der Waals surface area contributed by atoms with E-state index in [0.29, 0.717) is 0 Å². The molecule has 112 valence electrons. The van der Waals surface area contributed by atoms with E-state index < -0.39 is 0 Å². The molecule has 5 heteroatoms. The third-order valence-electron chi connectivity index (χ3n) is 3.43. The van der Waals surface area contributed by atoms with Crippen LogP contribution in [-0.4, -0.2) is 19.8 Å². The van der Waals surface area contributed by atoms with Gasteiger partial charge in [-0.15, -0.1) is 11.3 Å². The second-order valence-corrected chi connectivity index (χ2v) is 7.74. The van der Waals surface area contributed by atoms with E-state index in [9.17, 15) is 0 Å². The fourth-order valence-corrected chi connectivity index (χ4v) is 3.86. The average Bonchev–Trinajstić information content (AvgIpc) is 2.78. The van der Waals surface area contributed by atoms with Crippen LogP contribution < -0.4 is 14.8 Å². The van der Waals surface area contributed by atoms with Crippen molar-refractivity contribution < 1.29 is 9.47 Å². The van der Waals surface area contributed by atoms with Gasteiger partial charge in [-0.2, -0.15) is 0 Å². The molecule has 2 aromatic rings. The molecule has 1 aliphatic heterocycles. The zero-order chi connectivity index (χ0) is 14.7. The van der Waals surface area contributed by atoms with E-state index in [-0.39, 0.29) is 6.04 Å². The summed E-state index contributed by atoms with van der Waals surface area (Å²) in [4.78, 5) is 0. The Balaban J connectivity index is 1.94. The summed E-state index contributed by atoms with van der Waals surface area (Å²) in [5, 5.41) is 5.78. The van der Waals surface area contributed by atoms with Crippen LogP contribution in [0.1, 0.15) is 30.5 Å². The van der Waals surface area contributed by atoms with Gasteiger partial charge < -0.3 is 14.8 Å². The van der Waals surface area contributed by atoms with E-state index in [0.717, 1.165) is 37.7 Å². The van der Waals surface area contributed by atoms with E-state index in [2.05, 4.69) is 58.4 Å². The maximum Gasteiger partial charge on any atom is 0.161 e. The summed E-state index contributed by atoms with van der Waals surface area (Å²) in [6.45, 7) is 4.50. The highest BCUT2D eigenvalue weighted by atomic mass is 127. The summed E-state index contributed by atoms with van der Waals surface area (Å²) >= 11 is 4.14. The largest absolute Gasteiger partial charge is 0.490 e. The summed E-state index contributed by atoms with van der Waals surface area (Å²) in [6, 6.07) is 8.70. The van der Waals surface area contributed by atoms with Crippen molar-refractivity contribution in [3.63, 3.8) is 0 Å². The Kier molecular flexibility index (Phi) is 5.03. The molecule has 0 amide bonds. The molecule has 0 saturated heterocycles. The van der Waals surface area contributed by atoms with E-state index in [1.807, 2.05) is 6.07 Å². The quantitative estimate of drug-likeness (QED) is 0.759. The topological polar surface area (TPSA) is 30.5 Å². The Morgan fingerprint density at radius 3 is 2.71 bits per heavy atom. The summed E-state index contributed by atoms with van der Waals surface area (Å²) in [5.41, 5.74) is 2.52. The van der Waals surface area contributed by atoms with Crippen molar-refractivity contribution in [2.24, 2.45) is 0 Å². The van der Waals surface area contributed by atoms with Crippen molar-refractivity contribution in [2.75, 3.05) is 19.8 Å². The summed E-state index contributed by atoms with van der Waals surface area (Å²) in [6.07, 6.45) is 0.934. The Morgan fingerprint density at radius 2 is 2.00 bits per heavy atom. The molecule has 0 saturated carbocycles. The Labute approximate surface area is 142 Å². The lowest BCUT2D eigenvalue weighted by Crippen LogP contribution is -2.21. The fraction of sp³-hybridized carbons (Fsp3) is 0.375. The van der Waals surface area contributed by atoms with Gasteiger partial charge in [0.15, 0.2) is 11.5 Å². The molecule has 1 atom stereocenters. The molecular formula is C16H18INO2S. The highest BCUT2D eigenvalue weighted by Gasteiger charge is 2.18. The van der Waals surface area contributed by atoms with Crippen LogP contribution in [0.5, 0.6) is 11.5 Å². The van der Waals surface area contributed by atoms with E-state index in [1.54, 1.807) is 11.3 Å². The zero-order valence-corrected chi connectivity index (χ0v) is 14.9. The zero-order valence-electron chi connectivity index (χ0n) is 11.9. The van der Waals surface area contributed by atoms with Gasteiger partial charge >= 0.3 is 0 Å². The minimum atomic E-state index is 0.201. The lowest BCUT2D eigenvalue weighted by Gasteiger charge is -2.19. The number of ether oxygens (including phenoxy) is 2. The number of benzene rings is 1. The molecule has 1 aromatic carbocycles. The van der Waals surface area contributed by atoms with Gasteiger partial charge in [0.05, 0.1) is 22.1 Å². The monoisotopic (exact) mass is 415 g/mol. The highest BCUT2D eigenvalue weighted by Crippen LogP contribution is 2.35. The number of halogens is 1. The molecule has 0 aliphatic carbocycles. The molecule has 0 spiro atoms. The Hall–Kier alpha value is -0.790. The first-order valence-corrected chi connectivity index (χ1v) is 9.10. The Morgan fingerprint density at radius 1 is 1.19 bits per heavy atom. The number of hydrogen-bond donors (Lipinski definition) is 1. The molecule has 3 rings (SSSR count). The molecule has 1 N–H and O–H groups in total. The van der Waals surface area contributed by atoms with Crippen molar-refractivity contribution >= 4 is 33.9 Å².